The van der Waals surface area contributed by atoms with Gasteiger partial charge in [0.25, 0.3) is 0 Å². The lowest BCUT2D eigenvalue weighted by Crippen LogP contribution is -2.47. The third-order valence-corrected chi connectivity index (χ3v) is 5.50. The Balaban J connectivity index is 1.60. The lowest BCUT2D eigenvalue weighted by molar-refractivity contribution is -0.137. The summed E-state index contributed by atoms with van der Waals surface area (Å²) in [4.78, 5) is 23.3. The van der Waals surface area contributed by atoms with Crippen LogP contribution in [-0.4, -0.2) is 32.9 Å². The molecule has 0 N–H and O–H groups in total. The summed E-state index contributed by atoms with van der Waals surface area (Å²) in [6, 6.07) is 4.67. The molecule has 0 aromatic carbocycles. The van der Waals surface area contributed by atoms with Crippen LogP contribution in [0.25, 0.3) is 10.6 Å². The largest absolute Gasteiger partial charge is 0.337 e. The number of hydrogen-bond donors (Lipinski definition) is 0. The van der Waals surface area contributed by atoms with E-state index >= 15 is 0 Å². The van der Waals surface area contributed by atoms with Crippen LogP contribution in [0.2, 0.25) is 0 Å². The molecule has 1 fully saturated rings. The van der Waals surface area contributed by atoms with Gasteiger partial charge >= 0.3 is 0 Å². The average molecular weight is 329 g/mol. The molecule has 3 heterocycles. The summed E-state index contributed by atoms with van der Waals surface area (Å²) in [6.45, 7) is 4.33. The predicted molar refractivity (Wildman–Crippen MR) is 93.3 cm³/mol. The standard InChI is InChI=1S/C18H23N3OS/c1-13-4-3-5-14(2)21(13)17(22)7-6-16-12-23-18(20-16)15-8-10-19-11-9-15/h8-14H,3-7H2,1-2H3. The first-order valence-corrected chi connectivity index (χ1v) is 9.19. The number of aryl methyl sites for hydroxylation is 1. The molecule has 2 aromatic heterocycles. The molecular formula is C18H23N3OS. The van der Waals surface area contributed by atoms with Gasteiger partial charge in [-0.3, -0.25) is 9.78 Å². The van der Waals surface area contributed by atoms with Crippen LogP contribution in [0, 0.1) is 0 Å². The number of likely N-dealkylation sites (tertiary alicyclic amines) is 1. The van der Waals surface area contributed by atoms with E-state index in [0.717, 1.165) is 35.5 Å². The molecule has 1 aliphatic rings. The highest BCUT2D eigenvalue weighted by Crippen LogP contribution is 2.25. The lowest BCUT2D eigenvalue weighted by Gasteiger charge is -2.39. The van der Waals surface area contributed by atoms with Gasteiger partial charge in [0.05, 0.1) is 5.69 Å². The van der Waals surface area contributed by atoms with E-state index in [2.05, 4.69) is 34.1 Å². The normalized spacial score (nSPS) is 21.4. The molecule has 5 heteroatoms. The second kappa shape index (κ2) is 7.21. The van der Waals surface area contributed by atoms with Crippen LogP contribution in [0.1, 0.15) is 45.2 Å². The number of carbonyl (C=O) groups excluding carboxylic acids is 1. The Hall–Kier alpha value is -1.75. The SMILES string of the molecule is CC1CCCC(C)N1C(=O)CCc1csc(-c2ccncc2)n1. The van der Waals surface area contributed by atoms with Crippen molar-refractivity contribution in [3.8, 4) is 10.6 Å². The Bertz CT molecular complexity index is 645. The Morgan fingerprint density at radius 3 is 2.65 bits per heavy atom. The monoisotopic (exact) mass is 329 g/mol. The zero-order chi connectivity index (χ0) is 16.2. The molecule has 2 unspecified atom stereocenters. The zero-order valence-corrected chi connectivity index (χ0v) is 14.6. The molecule has 1 saturated heterocycles. The van der Waals surface area contributed by atoms with Gasteiger partial charge < -0.3 is 4.90 Å². The van der Waals surface area contributed by atoms with E-state index in [0.29, 0.717) is 18.5 Å². The summed E-state index contributed by atoms with van der Waals surface area (Å²) in [6.07, 6.45) is 8.30. The van der Waals surface area contributed by atoms with Gasteiger partial charge in [0.1, 0.15) is 5.01 Å². The van der Waals surface area contributed by atoms with Crippen LogP contribution in [0.4, 0.5) is 0 Å². The Morgan fingerprint density at radius 2 is 1.96 bits per heavy atom. The van der Waals surface area contributed by atoms with Crippen LogP contribution in [0.15, 0.2) is 29.9 Å². The van der Waals surface area contributed by atoms with E-state index < -0.39 is 0 Å². The topological polar surface area (TPSA) is 46.1 Å². The van der Waals surface area contributed by atoms with Crippen LogP contribution < -0.4 is 0 Å². The molecule has 2 atom stereocenters. The second-order valence-corrected chi connectivity index (χ2v) is 7.17. The highest BCUT2D eigenvalue weighted by molar-refractivity contribution is 7.13. The van der Waals surface area contributed by atoms with E-state index in [1.807, 2.05) is 12.1 Å². The number of amides is 1. The summed E-state index contributed by atoms with van der Waals surface area (Å²) in [5, 5.41) is 3.06. The molecular weight excluding hydrogens is 306 g/mol. The van der Waals surface area contributed by atoms with E-state index in [1.165, 1.54) is 6.42 Å². The first-order chi connectivity index (χ1) is 11.1. The van der Waals surface area contributed by atoms with Gasteiger partial charge in [-0.1, -0.05) is 0 Å². The molecule has 0 spiro atoms. The van der Waals surface area contributed by atoms with Crippen LogP contribution in [-0.2, 0) is 11.2 Å². The summed E-state index contributed by atoms with van der Waals surface area (Å²) >= 11 is 1.63. The molecule has 0 aliphatic carbocycles. The number of hydrogen-bond acceptors (Lipinski definition) is 4. The number of thiazole rings is 1. The molecule has 0 bridgehead atoms. The number of pyridine rings is 1. The fourth-order valence-corrected chi connectivity index (χ4v) is 4.19. The Morgan fingerprint density at radius 1 is 1.26 bits per heavy atom. The summed E-state index contributed by atoms with van der Waals surface area (Å²) in [5.41, 5.74) is 2.09. The summed E-state index contributed by atoms with van der Waals surface area (Å²) in [5.74, 6) is 0.267. The fraction of sp³-hybridized carbons (Fsp3) is 0.500. The highest BCUT2D eigenvalue weighted by Gasteiger charge is 2.28. The van der Waals surface area contributed by atoms with Crippen LogP contribution in [0.5, 0.6) is 0 Å². The highest BCUT2D eigenvalue weighted by atomic mass is 32.1. The third-order valence-electron chi connectivity index (χ3n) is 4.56. The van der Waals surface area contributed by atoms with E-state index in [1.54, 1.807) is 23.7 Å². The summed E-state index contributed by atoms with van der Waals surface area (Å²) < 4.78 is 0. The van der Waals surface area contributed by atoms with Gasteiger partial charge in [0.15, 0.2) is 0 Å². The van der Waals surface area contributed by atoms with Gasteiger partial charge in [0, 0.05) is 41.8 Å². The van der Waals surface area contributed by atoms with Gasteiger partial charge in [-0.2, -0.15) is 0 Å². The molecule has 0 radical (unpaired) electrons. The maximum Gasteiger partial charge on any atom is 0.223 e. The number of nitrogens with zero attached hydrogens (tertiary/aromatic N) is 3. The fourth-order valence-electron chi connectivity index (χ4n) is 3.33. The van der Waals surface area contributed by atoms with Gasteiger partial charge in [-0.05, 0) is 51.7 Å². The van der Waals surface area contributed by atoms with Gasteiger partial charge in [-0.25, -0.2) is 4.98 Å². The van der Waals surface area contributed by atoms with Crippen molar-refractivity contribution in [2.75, 3.05) is 0 Å². The maximum absolute atomic E-state index is 12.6. The zero-order valence-electron chi connectivity index (χ0n) is 13.7. The minimum absolute atomic E-state index is 0.267. The molecule has 23 heavy (non-hydrogen) atoms. The minimum Gasteiger partial charge on any atom is -0.337 e. The maximum atomic E-state index is 12.6. The van der Waals surface area contributed by atoms with Crippen LogP contribution >= 0.6 is 11.3 Å². The van der Waals surface area contributed by atoms with Crippen LogP contribution in [0.3, 0.4) is 0 Å². The molecule has 122 valence electrons. The van der Waals surface area contributed by atoms with E-state index in [4.69, 9.17) is 0 Å². The van der Waals surface area contributed by atoms with Crippen molar-refractivity contribution in [3.63, 3.8) is 0 Å². The molecule has 3 rings (SSSR count). The van der Waals surface area contributed by atoms with Gasteiger partial charge in [-0.15, -0.1) is 11.3 Å². The molecule has 4 nitrogen and oxygen atoms in total. The van der Waals surface area contributed by atoms with Crippen molar-refractivity contribution in [1.82, 2.24) is 14.9 Å². The van der Waals surface area contributed by atoms with Gasteiger partial charge in [0.2, 0.25) is 5.91 Å². The first-order valence-electron chi connectivity index (χ1n) is 8.31. The van der Waals surface area contributed by atoms with Crippen molar-refractivity contribution in [1.29, 1.82) is 0 Å². The van der Waals surface area contributed by atoms with Crippen molar-refractivity contribution in [2.24, 2.45) is 0 Å². The number of piperidine rings is 1. The van der Waals surface area contributed by atoms with E-state index in [-0.39, 0.29) is 5.91 Å². The Labute approximate surface area is 141 Å². The smallest absolute Gasteiger partial charge is 0.223 e. The lowest BCUT2D eigenvalue weighted by atomic mass is 9.97. The summed E-state index contributed by atoms with van der Waals surface area (Å²) in [7, 11) is 0. The molecule has 1 aliphatic heterocycles. The quantitative estimate of drug-likeness (QED) is 0.854. The van der Waals surface area contributed by atoms with Crippen molar-refractivity contribution < 1.29 is 4.79 Å². The minimum atomic E-state index is 0.267. The second-order valence-electron chi connectivity index (χ2n) is 6.31. The number of rotatable bonds is 4. The Kier molecular flexibility index (Phi) is 5.06. The molecule has 2 aromatic rings. The molecule has 0 saturated carbocycles. The van der Waals surface area contributed by atoms with Crippen molar-refractivity contribution in [2.45, 2.75) is 58.0 Å². The number of aromatic nitrogens is 2. The predicted octanol–water partition coefficient (Wildman–Crippen LogP) is 3.93. The van der Waals surface area contributed by atoms with Crippen molar-refractivity contribution in [3.05, 3.63) is 35.6 Å². The number of carbonyl (C=O) groups is 1. The average Bonchev–Trinajstić information content (AvgIpc) is 3.02. The third kappa shape index (κ3) is 3.78. The van der Waals surface area contributed by atoms with E-state index in [9.17, 15) is 4.79 Å². The van der Waals surface area contributed by atoms with Crippen molar-refractivity contribution >= 4 is 17.2 Å². The first kappa shape index (κ1) is 16.1. The molecule has 1 amide bonds.